The monoisotopic (exact) mass is 368 g/mol. The van der Waals surface area contributed by atoms with Crippen molar-refractivity contribution >= 4 is 11.6 Å². The van der Waals surface area contributed by atoms with Crippen molar-refractivity contribution in [1.29, 1.82) is 0 Å². The number of morpholine rings is 1. The van der Waals surface area contributed by atoms with E-state index in [2.05, 4.69) is 10.2 Å². The average molecular weight is 368 g/mol. The Labute approximate surface area is 159 Å². The molecule has 0 bridgehead atoms. The van der Waals surface area contributed by atoms with Gasteiger partial charge in [0.05, 0.1) is 31.9 Å². The van der Waals surface area contributed by atoms with Crippen LogP contribution in [0.4, 0.5) is 5.69 Å². The Bertz CT molecular complexity index is 818. The molecule has 6 nitrogen and oxygen atoms in total. The van der Waals surface area contributed by atoms with E-state index in [9.17, 15) is 4.79 Å². The fraction of sp³-hybridized carbons (Fsp3) is 0.381. The van der Waals surface area contributed by atoms with Gasteiger partial charge in [0.2, 0.25) is 0 Å². The molecule has 1 amide bonds. The van der Waals surface area contributed by atoms with Crippen molar-refractivity contribution < 1.29 is 19.0 Å². The maximum atomic E-state index is 13.0. The van der Waals surface area contributed by atoms with Crippen molar-refractivity contribution in [1.82, 2.24) is 5.32 Å². The molecule has 1 saturated heterocycles. The number of amides is 1. The van der Waals surface area contributed by atoms with E-state index in [0.29, 0.717) is 25.4 Å². The Morgan fingerprint density at radius 3 is 2.78 bits per heavy atom. The fourth-order valence-electron chi connectivity index (χ4n) is 3.66. The highest BCUT2D eigenvalue weighted by Crippen LogP contribution is 2.34. The van der Waals surface area contributed by atoms with E-state index in [1.54, 1.807) is 7.11 Å². The molecule has 2 aliphatic heterocycles. The number of benzene rings is 2. The summed E-state index contributed by atoms with van der Waals surface area (Å²) in [7, 11) is 1.63. The highest BCUT2D eigenvalue weighted by molar-refractivity contribution is 6.00. The number of carbonyl (C=O) groups is 1. The SMILES string of the molecule is COc1cccc2c1OCC(NC(=O)c1ccccc1N1CCOCC1)C2. The number of hydrogen-bond donors (Lipinski definition) is 1. The average Bonchev–Trinajstić information content (AvgIpc) is 2.73. The van der Waals surface area contributed by atoms with Crippen LogP contribution in [0, 0.1) is 0 Å². The van der Waals surface area contributed by atoms with Gasteiger partial charge < -0.3 is 24.4 Å². The van der Waals surface area contributed by atoms with Crippen LogP contribution in [0.3, 0.4) is 0 Å². The highest BCUT2D eigenvalue weighted by Gasteiger charge is 2.26. The van der Waals surface area contributed by atoms with Crippen molar-refractivity contribution in [2.45, 2.75) is 12.5 Å². The predicted octanol–water partition coefficient (Wildman–Crippen LogP) is 2.27. The molecule has 0 aliphatic carbocycles. The lowest BCUT2D eigenvalue weighted by Gasteiger charge is -2.31. The van der Waals surface area contributed by atoms with Gasteiger partial charge in [0, 0.05) is 24.3 Å². The van der Waals surface area contributed by atoms with Crippen LogP contribution in [0.5, 0.6) is 11.5 Å². The zero-order valence-electron chi connectivity index (χ0n) is 15.4. The van der Waals surface area contributed by atoms with Gasteiger partial charge in [0.1, 0.15) is 6.61 Å². The summed E-state index contributed by atoms with van der Waals surface area (Å²) in [5.41, 5.74) is 2.69. The molecule has 0 radical (unpaired) electrons. The van der Waals surface area contributed by atoms with Gasteiger partial charge >= 0.3 is 0 Å². The van der Waals surface area contributed by atoms with E-state index in [4.69, 9.17) is 14.2 Å². The van der Waals surface area contributed by atoms with E-state index in [1.807, 2.05) is 42.5 Å². The molecule has 142 valence electrons. The molecule has 1 fully saturated rings. The zero-order chi connectivity index (χ0) is 18.6. The quantitative estimate of drug-likeness (QED) is 0.897. The number of methoxy groups -OCH3 is 1. The minimum absolute atomic E-state index is 0.0722. The summed E-state index contributed by atoms with van der Waals surface area (Å²) in [5.74, 6) is 1.44. The predicted molar refractivity (Wildman–Crippen MR) is 103 cm³/mol. The van der Waals surface area contributed by atoms with Gasteiger partial charge in [-0.05, 0) is 24.6 Å². The van der Waals surface area contributed by atoms with Gasteiger partial charge in [-0.1, -0.05) is 24.3 Å². The molecule has 4 rings (SSSR count). The van der Waals surface area contributed by atoms with Crippen molar-refractivity contribution in [2.24, 2.45) is 0 Å². The maximum Gasteiger partial charge on any atom is 0.253 e. The Morgan fingerprint density at radius 2 is 1.96 bits per heavy atom. The lowest BCUT2D eigenvalue weighted by atomic mass is 10.0. The first-order chi connectivity index (χ1) is 13.3. The summed E-state index contributed by atoms with van der Waals surface area (Å²) in [5, 5.41) is 3.13. The Hall–Kier alpha value is -2.73. The van der Waals surface area contributed by atoms with Crippen LogP contribution in [0.2, 0.25) is 0 Å². The molecule has 0 saturated carbocycles. The number of nitrogens with one attached hydrogen (secondary N) is 1. The molecule has 2 aromatic carbocycles. The number of carbonyl (C=O) groups excluding carboxylic acids is 1. The van der Waals surface area contributed by atoms with Crippen LogP contribution >= 0.6 is 0 Å². The second-order valence-electron chi connectivity index (χ2n) is 6.75. The van der Waals surface area contributed by atoms with Gasteiger partial charge in [-0.15, -0.1) is 0 Å². The van der Waals surface area contributed by atoms with E-state index < -0.39 is 0 Å². The minimum Gasteiger partial charge on any atom is -0.493 e. The Kier molecular flexibility index (Phi) is 5.16. The van der Waals surface area contributed by atoms with Crippen molar-refractivity contribution in [2.75, 3.05) is 44.9 Å². The van der Waals surface area contributed by atoms with Crippen LogP contribution in [0.15, 0.2) is 42.5 Å². The number of nitrogens with zero attached hydrogens (tertiary/aromatic N) is 1. The largest absolute Gasteiger partial charge is 0.493 e. The van der Waals surface area contributed by atoms with Gasteiger partial charge in [-0.2, -0.15) is 0 Å². The molecule has 1 unspecified atom stereocenters. The first-order valence-electron chi connectivity index (χ1n) is 9.27. The third kappa shape index (κ3) is 3.71. The second-order valence-corrected chi connectivity index (χ2v) is 6.75. The Morgan fingerprint density at radius 1 is 1.15 bits per heavy atom. The topological polar surface area (TPSA) is 60.0 Å². The molecule has 1 atom stereocenters. The second kappa shape index (κ2) is 7.88. The molecule has 6 heteroatoms. The number of anilines is 1. The van der Waals surface area contributed by atoms with Gasteiger partial charge in [0.15, 0.2) is 11.5 Å². The molecule has 27 heavy (non-hydrogen) atoms. The normalized spacial score (nSPS) is 19.0. The molecule has 2 aromatic rings. The Balaban J connectivity index is 1.49. The molecular formula is C21H24N2O4. The van der Waals surface area contributed by atoms with Crippen LogP contribution < -0.4 is 19.7 Å². The number of hydrogen-bond acceptors (Lipinski definition) is 5. The maximum absolute atomic E-state index is 13.0. The van der Waals surface area contributed by atoms with Gasteiger partial charge in [-0.3, -0.25) is 4.79 Å². The van der Waals surface area contributed by atoms with Crippen LogP contribution in [-0.4, -0.2) is 52.0 Å². The summed E-state index contributed by atoms with van der Waals surface area (Å²) in [6.07, 6.45) is 0.720. The van der Waals surface area contributed by atoms with Crippen molar-refractivity contribution in [3.63, 3.8) is 0 Å². The molecular weight excluding hydrogens is 344 g/mol. The zero-order valence-corrected chi connectivity index (χ0v) is 15.4. The first kappa shape index (κ1) is 17.7. The molecule has 0 aromatic heterocycles. The van der Waals surface area contributed by atoms with E-state index in [-0.39, 0.29) is 11.9 Å². The fourth-order valence-corrected chi connectivity index (χ4v) is 3.66. The molecule has 2 heterocycles. The summed E-state index contributed by atoms with van der Waals surface area (Å²) >= 11 is 0. The molecule has 0 spiro atoms. The number of ether oxygens (including phenoxy) is 3. The number of rotatable bonds is 4. The van der Waals surface area contributed by atoms with E-state index >= 15 is 0 Å². The van der Waals surface area contributed by atoms with Crippen molar-refractivity contribution in [3.8, 4) is 11.5 Å². The van der Waals surface area contributed by atoms with E-state index in [1.165, 1.54) is 0 Å². The number of fused-ring (bicyclic) bond motifs is 1. The lowest BCUT2D eigenvalue weighted by Crippen LogP contribution is -2.44. The van der Waals surface area contributed by atoms with Crippen LogP contribution in [0.25, 0.3) is 0 Å². The van der Waals surface area contributed by atoms with Crippen LogP contribution in [0.1, 0.15) is 15.9 Å². The molecule has 2 aliphatic rings. The third-order valence-electron chi connectivity index (χ3n) is 5.01. The van der Waals surface area contributed by atoms with Crippen molar-refractivity contribution in [3.05, 3.63) is 53.6 Å². The van der Waals surface area contributed by atoms with Gasteiger partial charge in [-0.25, -0.2) is 0 Å². The summed E-state index contributed by atoms with van der Waals surface area (Å²) in [4.78, 5) is 15.2. The summed E-state index contributed by atoms with van der Waals surface area (Å²) in [6, 6.07) is 13.5. The molecule has 1 N–H and O–H groups in total. The third-order valence-corrected chi connectivity index (χ3v) is 5.01. The van der Waals surface area contributed by atoms with Gasteiger partial charge in [0.25, 0.3) is 5.91 Å². The standard InChI is InChI=1S/C21H24N2O4/c1-25-19-8-4-5-15-13-16(14-27-20(15)19)22-21(24)17-6-2-3-7-18(17)23-9-11-26-12-10-23/h2-8,16H,9-14H2,1H3,(H,22,24). The summed E-state index contributed by atoms with van der Waals surface area (Å²) < 4.78 is 16.7. The van der Waals surface area contributed by atoms with E-state index in [0.717, 1.165) is 42.3 Å². The van der Waals surface area contributed by atoms with Crippen LogP contribution in [-0.2, 0) is 11.2 Å². The smallest absolute Gasteiger partial charge is 0.253 e. The minimum atomic E-state index is -0.0742. The number of para-hydroxylation sites is 2. The first-order valence-corrected chi connectivity index (χ1v) is 9.27. The lowest BCUT2D eigenvalue weighted by molar-refractivity contribution is 0.0913. The summed E-state index contributed by atoms with van der Waals surface area (Å²) in [6.45, 7) is 3.39. The highest BCUT2D eigenvalue weighted by atomic mass is 16.5.